The fourth-order valence-corrected chi connectivity index (χ4v) is 2.26. The first-order valence-corrected chi connectivity index (χ1v) is 6.56. The van der Waals surface area contributed by atoms with Crippen LogP contribution in [0.2, 0.25) is 0 Å². The molecule has 2 nitrogen and oxygen atoms in total. The number of hydrogen-bond donors (Lipinski definition) is 0. The van der Waals surface area contributed by atoms with Crippen LogP contribution in [0.1, 0.15) is 33.1 Å². The lowest BCUT2D eigenvalue weighted by Gasteiger charge is -2.19. The molecule has 1 atom stereocenters. The summed E-state index contributed by atoms with van der Waals surface area (Å²) in [7, 11) is 4.40. The van der Waals surface area contributed by atoms with Crippen LogP contribution in [-0.4, -0.2) is 43.5 Å². The molecule has 1 saturated heterocycles. The first-order chi connectivity index (χ1) is 7.49. The maximum Gasteiger partial charge on any atom is 0.0204 e. The van der Waals surface area contributed by atoms with Crippen LogP contribution in [0.25, 0.3) is 0 Å². The van der Waals surface area contributed by atoms with Crippen molar-refractivity contribution in [3.05, 3.63) is 12.3 Å². The molecule has 94 valence electrons. The molecular formula is C14H28N2. The van der Waals surface area contributed by atoms with E-state index in [9.17, 15) is 0 Å². The van der Waals surface area contributed by atoms with E-state index in [1.807, 2.05) is 0 Å². The van der Waals surface area contributed by atoms with E-state index in [4.69, 9.17) is 0 Å². The van der Waals surface area contributed by atoms with Gasteiger partial charge in [-0.25, -0.2) is 0 Å². The van der Waals surface area contributed by atoms with Gasteiger partial charge >= 0.3 is 0 Å². The largest absolute Gasteiger partial charge is 0.378 e. The fourth-order valence-electron chi connectivity index (χ4n) is 2.26. The zero-order valence-corrected chi connectivity index (χ0v) is 11.5. The Labute approximate surface area is 101 Å². The Bertz CT molecular complexity index is 223. The molecule has 2 heteroatoms. The summed E-state index contributed by atoms with van der Waals surface area (Å²) < 4.78 is 0. The zero-order valence-electron chi connectivity index (χ0n) is 11.5. The van der Waals surface area contributed by atoms with Gasteiger partial charge in [-0.15, -0.1) is 0 Å². The summed E-state index contributed by atoms with van der Waals surface area (Å²) >= 11 is 0. The topological polar surface area (TPSA) is 6.48 Å². The second-order valence-corrected chi connectivity index (χ2v) is 5.79. The number of nitrogens with zero attached hydrogens (tertiary/aromatic N) is 2. The summed E-state index contributed by atoms with van der Waals surface area (Å²) in [6.07, 6.45) is 3.83. The van der Waals surface area contributed by atoms with Gasteiger partial charge in [0.05, 0.1) is 0 Å². The van der Waals surface area contributed by atoms with Crippen molar-refractivity contribution >= 4 is 0 Å². The third kappa shape index (κ3) is 4.56. The molecule has 16 heavy (non-hydrogen) atoms. The highest BCUT2D eigenvalue weighted by molar-refractivity contribution is 5.01. The third-order valence-electron chi connectivity index (χ3n) is 3.60. The van der Waals surface area contributed by atoms with Gasteiger partial charge in [0.15, 0.2) is 0 Å². The molecule has 1 aliphatic rings. The van der Waals surface area contributed by atoms with Crippen molar-refractivity contribution in [2.45, 2.75) is 33.1 Å². The van der Waals surface area contributed by atoms with E-state index >= 15 is 0 Å². The van der Waals surface area contributed by atoms with Crippen LogP contribution in [0.3, 0.4) is 0 Å². The van der Waals surface area contributed by atoms with E-state index in [0.29, 0.717) is 0 Å². The van der Waals surface area contributed by atoms with Crippen molar-refractivity contribution < 1.29 is 0 Å². The summed E-state index contributed by atoms with van der Waals surface area (Å²) in [5.41, 5.74) is 1.31. The predicted octanol–water partition coefficient (Wildman–Crippen LogP) is 2.82. The molecule has 0 aromatic rings. The van der Waals surface area contributed by atoms with Gasteiger partial charge in [-0.3, -0.25) is 0 Å². The Morgan fingerprint density at radius 1 is 1.44 bits per heavy atom. The highest BCUT2D eigenvalue weighted by Gasteiger charge is 2.22. The monoisotopic (exact) mass is 224 g/mol. The molecule has 1 aliphatic heterocycles. The average Bonchev–Trinajstić information content (AvgIpc) is 2.52. The van der Waals surface area contributed by atoms with E-state index in [1.165, 1.54) is 44.6 Å². The maximum atomic E-state index is 4.08. The summed E-state index contributed by atoms with van der Waals surface area (Å²) in [4.78, 5) is 4.78. The van der Waals surface area contributed by atoms with Crippen molar-refractivity contribution in [3.63, 3.8) is 0 Å². The van der Waals surface area contributed by atoms with Gasteiger partial charge in [0.25, 0.3) is 0 Å². The van der Waals surface area contributed by atoms with Gasteiger partial charge in [-0.2, -0.15) is 0 Å². The molecule has 0 aromatic carbocycles. The first-order valence-electron chi connectivity index (χ1n) is 6.56. The number of hydrogen-bond acceptors (Lipinski definition) is 2. The molecule has 1 fully saturated rings. The highest BCUT2D eigenvalue weighted by Crippen LogP contribution is 2.25. The lowest BCUT2D eigenvalue weighted by molar-refractivity contribution is 0.282. The Morgan fingerprint density at radius 3 is 2.62 bits per heavy atom. The van der Waals surface area contributed by atoms with Crippen molar-refractivity contribution in [2.24, 2.45) is 11.8 Å². The maximum absolute atomic E-state index is 4.08. The van der Waals surface area contributed by atoms with Crippen LogP contribution in [0.4, 0.5) is 0 Å². The van der Waals surface area contributed by atoms with Crippen LogP contribution in [-0.2, 0) is 0 Å². The highest BCUT2D eigenvalue weighted by atomic mass is 15.1. The number of rotatable bonds is 6. The van der Waals surface area contributed by atoms with E-state index in [1.54, 1.807) is 0 Å². The third-order valence-corrected chi connectivity index (χ3v) is 3.60. The van der Waals surface area contributed by atoms with E-state index in [-0.39, 0.29) is 0 Å². The second kappa shape index (κ2) is 6.29. The van der Waals surface area contributed by atoms with Gasteiger partial charge in [-0.05, 0) is 51.2 Å². The lowest BCUT2D eigenvalue weighted by atomic mass is 10.0. The molecule has 0 spiro atoms. The fraction of sp³-hybridized carbons (Fsp3) is 0.857. The second-order valence-electron chi connectivity index (χ2n) is 5.79. The first kappa shape index (κ1) is 13.6. The molecule has 0 aliphatic carbocycles. The smallest absolute Gasteiger partial charge is 0.0204 e. The van der Waals surface area contributed by atoms with Crippen molar-refractivity contribution in [3.8, 4) is 0 Å². The number of allylic oxidation sites excluding steroid dienone is 1. The lowest BCUT2D eigenvalue weighted by Crippen LogP contribution is -2.24. The standard InChI is InChI=1S/C14H28N2/c1-12(2)6-8-15(4)9-7-14-10-13(3)16(5)11-14/h12,14H,3,6-11H2,1-2,4-5H3/t14-/m1/s1. The SMILES string of the molecule is C=C1C[C@@H](CCN(C)CCC(C)C)CN1C. The summed E-state index contributed by atoms with van der Waals surface area (Å²) in [6.45, 7) is 12.4. The molecule has 0 N–H and O–H groups in total. The molecule has 0 bridgehead atoms. The van der Waals surface area contributed by atoms with E-state index < -0.39 is 0 Å². The Hall–Kier alpha value is -0.500. The van der Waals surface area contributed by atoms with E-state index in [2.05, 4.69) is 44.3 Å². The molecule has 0 amide bonds. The van der Waals surface area contributed by atoms with Gasteiger partial charge < -0.3 is 9.80 Å². The van der Waals surface area contributed by atoms with E-state index in [0.717, 1.165) is 11.8 Å². The summed E-state index contributed by atoms with van der Waals surface area (Å²) in [6, 6.07) is 0. The zero-order chi connectivity index (χ0) is 12.1. The van der Waals surface area contributed by atoms with Gasteiger partial charge in [0.2, 0.25) is 0 Å². The molecule has 1 heterocycles. The minimum Gasteiger partial charge on any atom is -0.378 e. The van der Waals surface area contributed by atoms with Crippen LogP contribution in [0.5, 0.6) is 0 Å². The minimum atomic E-state index is 0.819. The van der Waals surface area contributed by atoms with Gasteiger partial charge in [0.1, 0.15) is 0 Å². The molecule has 1 rings (SSSR count). The van der Waals surface area contributed by atoms with Crippen LogP contribution < -0.4 is 0 Å². The van der Waals surface area contributed by atoms with Crippen molar-refractivity contribution in [2.75, 3.05) is 33.7 Å². The van der Waals surface area contributed by atoms with Gasteiger partial charge in [0, 0.05) is 19.3 Å². The number of likely N-dealkylation sites (tertiary alicyclic amines) is 1. The van der Waals surface area contributed by atoms with Crippen LogP contribution in [0.15, 0.2) is 12.3 Å². The average molecular weight is 224 g/mol. The molecule has 0 radical (unpaired) electrons. The summed E-state index contributed by atoms with van der Waals surface area (Å²) in [5, 5.41) is 0. The normalized spacial score (nSPS) is 21.5. The van der Waals surface area contributed by atoms with Crippen LogP contribution in [0, 0.1) is 11.8 Å². The quantitative estimate of drug-likeness (QED) is 0.684. The molecule has 0 unspecified atom stereocenters. The van der Waals surface area contributed by atoms with Crippen molar-refractivity contribution in [1.82, 2.24) is 9.80 Å². The Morgan fingerprint density at radius 2 is 2.12 bits per heavy atom. The summed E-state index contributed by atoms with van der Waals surface area (Å²) in [5.74, 6) is 1.65. The Kier molecular flexibility index (Phi) is 5.33. The van der Waals surface area contributed by atoms with Crippen molar-refractivity contribution in [1.29, 1.82) is 0 Å². The Balaban J connectivity index is 2.13. The molecule has 0 saturated carbocycles. The van der Waals surface area contributed by atoms with Crippen LogP contribution >= 0.6 is 0 Å². The van der Waals surface area contributed by atoms with Gasteiger partial charge in [-0.1, -0.05) is 20.4 Å². The molecular weight excluding hydrogens is 196 g/mol. The minimum absolute atomic E-state index is 0.819. The molecule has 0 aromatic heterocycles. The predicted molar refractivity (Wildman–Crippen MR) is 71.4 cm³/mol.